The molecule has 12 rings (SSSR count). The van der Waals surface area contributed by atoms with Crippen molar-refractivity contribution in [1.82, 2.24) is 0 Å². The summed E-state index contributed by atoms with van der Waals surface area (Å²) < 4.78 is 7.10. The second-order valence-electron chi connectivity index (χ2n) is 16.1. The summed E-state index contributed by atoms with van der Waals surface area (Å²) in [7, 11) is 0. The van der Waals surface area contributed by atoms with Crippen LogP contribution < -0.4 is 4.90 Å². The Hall–Kier alpha value is -7.16. The summed E-state index contributed by atoms with van der Waals surface area (Å²) in [6.45, 7) is 4.72. The highest BCUT2D eigenvalue weighted by molar-refractivity contribution is 6.23. The Kier molecular flexibility index (Phi) is 6.72. The molecule has 0 unspecified atom stereocenters. The van der Waals surface area contributed by atoms with Crippen LogP contribution >= 0.6 is 0 Å². The molecule has 2 nitrogen and oxygen atoms in total. The van der Waals surface area contributed by atoms with Gasteiger partial charge in [-0.1, -0.05) is 159 Å². The minimum absolute atomic E-state index is 0.152. The predicted molar refractivity (Wildman–Crippen MR) is 241 cm³/mol. The van der Waals surface area contributed by atoms with Gasteiger partial charge in [0.05, 0.1) is 16.8 Å². The lowest BCUT2D eigenvalue weighted by atomic mass is 9.82. The molecule has 1 heterocycles. The van der Waals surface area contributed by atoms with Gasteiger partial charge in [-0.25, -0.2) is 0 Å². The predicted octanol–water partition coefficient (Wildman–Crippen LogP) is 15.6. The minimum Gasteiger partial charge on any atom is -0.455 e. The molecule has 0 bridgehead atoms. The second-order valence-corrected chi connectivity index (χ2v) is 16.1. The topological polar surface area (TPSA) is 16.4 Å². The Balaban J connectivity index is 1.19. The van der Waals surface area contributed by atoms with E-state index in [1.165, 1.54) is 65.3 Å². The molecule has 0 aliphatic heterocycles. The standard InChI is InChI=1S/C55H37NO/c1-55(2)47-23-12-11-21-43(47)44-29-28-39(33-48(44)55)56(50-32-37-17-5-7-18-40(37)42-20-9-10-22-45(42)50)49-24-13-25-51-53(49)46-31-36-16-6-8-19-41(36)52(54(46)57-51)38-27-26-34-14-3-4-15-35(34)30-38/h3-33H,1-2H3. The van der Waals surface area contributed by atoms with E-state index in [2.05, 4.69) is 207 Å². The van der Waals surface area contributed by atoms with Crippen LogP contribution in [0.15, 0.2) is 192 Å². The van der Waals surface area contributed by atoms with Gasteiger partial charge in [0.2, 0.25) is 0 Å². The molecule has 0 atom stereocenters. The van der Waals surface area contributed by atoms with Crippen LogP contribution in [0.2, 0.25) is 0 Å². The van der Waals surface area contributed by atoms with Crippen LogP contribution in [0.25, 0.3) is 87.3 Å². The average Bonchev–Trinajstić information content (AvgIpc) is 3.74. The number of anilines is 3. The van der Waals surface area contributed by atoms with Gasteiger partial charge in [-0.2, -0.15) is 0 Å². The van der Waals surface area contributed by atoms with Crippen molar-refractivity contribution in [3.8, 4) is 22.3 Å². The lowest BCUT2D eigenvalue weighted by molar-refractivity contribution is 0.660. The lowest BCUT2D eigenvalue weighted by Gasteiger charge is -2.30. The van der Waals surface area contributed by atoms with Crippen molar-refractivity contribution < 1.29 is 4.42 Å². The molecule has 1 aromatic heterocycles. The van der Waals surface area contributed by atoms with Crippen molar-refractivity contribution in [2.45, 2.75) is 19.3 Å². The Bertz CT molecular complexity index is 3460. The fourth-order valence-electron chi connectivity index (χ4n) is 9.88. The summed E-state index contributed by atoms with van der Waals surface area (Å²) in [6.07, 6.45) is 0. The number of rotatable bonds is 4. The van der Waals surface area contributed by atoms with Gasteiger partial charge in [0.1, 0.15) is 11.2 Å². The van der Waals surface area contributed by atoms with Crippen molar-refractivity contribution in [1.29, 1.82) is 0 Å². The van der Waals surface area contributed by atoms with E-state index in [1.54, 1.807) is 0 Å². The fourth-order valence-corrected chi connectivity index (χ4v) is 9.88. The van der Waals surface area contributed by atoms with Crippen molar-refractivity contribution >= 4 is 82.1 Å². The highest BCUT2D eigenvalue weighted by atomic mass is 16.3. The zero-order valence-electron chi connectivity index (χ0n) is 31.8. The zero-order valence-corrected chi connectivity index (χ0v) is 31.8. The van der Waals surface area contributed by atoms with E-state index in [0.29, 0.717) is 0 Å². The molecule has 2 heteroatoms. The summed E-state index contributed by atoms with van der Waals surface area (Å²) >= 11 is 0. The second kappa shape index (κ2) is 11.9. The molecule has 0 saturated carbocycles. The summed E-state index contributed by atoms with van der Waals surface area (Å²) in [5.41, 5.74) is 12.6. The Labute approximate surface area is 330 Å². The summed E-state index contributed by atoms with van der Waals surface area (Å²) in [5, 5.41) is 11.9. The first-order valence-corrected chi connectivity index (χ1v) is 19.8. The molecule has 11 aromatic rings. The van der Waals surface area contributed by atoms with Gasteiger partial charge >= 0.3 is 0 Å². The number of benzene rings is 10. The molecule has 0 radical (unpaired) electrons. The van der Waals surface area contributed by atoms with Crippen LogP contribution in [0.4, 0.5) is 17.1 Å². The van der Waals surface area contributed by atoms with Gasteiger partial charge in [0, 0.05) is 27.4 Å². The zero-order chi connectivity index (χ0) is 37.8. The van der Waals surface area contributed by atoms with Crippen LogP contribution in [0.3, 0.4) is 0 Å². The average molecular weight is 728 g/mol. The maximum absolute atomic E-state index is 7.10. The van der Waals surface area contributed by atoms with Crippen molar-refractivity contribution in [2.24, 2.45) is 0 Å². The van der Waals surface area contributed by atoms with Gasteiger partial charge in [-0.05, 0) is 108 Å². The van der Waals surface area contributed by atoms with E-state index in [-0.39, 0.29) is 5.41 Å². The first-order chi connectivity index (χ1) is 28.0. The van der Waals surface area contributed by atoms with Crippen LogP contribution in [0, 0.1) is 0 Å². The van der Waals surface area contributed by atoms with Crippen molar-refractivity contribution in [3.05, 3.63) is 199 Å². The Morgan fingerprint density at radius 1 is 0.421 bits per heavy atom. The lowest BCUT2D eigenvalue weighted by Crippen LogP contribution is -2.16. The Morgan fingerprint density at radius 3 is 1.93 bits per heavy atom. The largest absolute Gasteiger partial charge is 0.455 e. The summed E-state index contributed by atoms with van der Waals surface area (Å²) in [5.74, 6) is 0. The quantitative estimate of drug-likeness (QED) is 0.168. The molecule has 0 N–H and O–H groups in total. The smallest absolute Gasteiger partial charge is 0.143 e. The molecular formula is C55H37NO. The molecule has 10 aromatic carbocycles. The third-order valence-electron chi connectivity index (χ3n) is 12.6. The van der Waals surface area contributed by atoms with Crippen LogP contribution in [0.1, 0.15) is 25.0 Å². The van der Waals surface area contributed by atoms with E-state index in [4.69, 9.17) is 4.42 Å². The van der Waals surface area contributed by atoms with Gasteiger partial charge in [0.15, 0.2) is 0 Å². The SMILES string of the molecule is CC1(C)c2ccccc2-c2ccc(N(c3cc4ccccc4c4ccccc34)c3cccc4oc5c(-c6ccc7ccccc7c6)c6ccccc6cc5c34)cc21. The summed E-state index contributed by atoms with van der Waals surface area (Å²) in [6, 6.07) is 69.0. The number of hydrogen-bond acceptors (Lipinski definition) is 2. The maximum Gasteiger partial charge on any atom is 0.143 e. The molecule has 0 fully saturated rings. The van der Waals surface area contributed by atoms with E-state index in [1.807, 2.05) is 0 Å². The monoisotopic (exact) mass is 727 g/mol. The third-order valence-corrected chi connectivity index (χ3v) is 12.6. The highest BCUT2D eigenvalue weighted by Gasteiger charge is 2.36. The third kappa shape index (κ3) is 4.65. The van der Waals surface area contributed by atoms with E-state index in [0.717, 1.165) is 50.1 Å². The number of fused-ring (bicyclic) bond motifs is 11. The van der Waals surface area contributed by atoms with Crippen LogP contribution in [-0.4, -0.2) is 0 Å². The van der Waals surface area contributed by atoms with Gasteiger partial charge < -0.3 is 9.32 Å². The molecular weight excluding hydrogens is 691 g/mol. The van der Waals surface area contributed by atoms with Gasteiger partial charge in [-0.15, -0.1) is 0 Å². The van der Waals surface area contributed by atoms with Gasteiger partial charge in [-0.3, -0.25) is 0 Å². The van der Waals surface area contributed by atoms with E-state index >= 15 is 0 Å². The molecule has 1 aliphatic carbocycles. The molecule has 1 aliphatic rings. The number of hydrogen-bond donors (Lipinski definition) is 0. The van der Waals surface area contributed by atoms with Gasteiger partial charge in [0.25, 0.3) is 0 Å². The van der Waals surface area contributed by atoms with E-state index < -0.39 is 0 Å². The first-order valence-electron chi connectivity index (χ1n) is 19.8. The highest BCUT2D eigenvalue weighted by Crippen LogP contribution is 2.53. The molecule has 0 spiro atoms. The number of nitrogens with zero attached hydrogens (tertiary/aromatic N) is 1. The van der Waals surface area contributed by atoms with Crippen molar-refractivity contribution in [3.63, 3.8) is 0 Å². The molecule has 57 heavy (non-hydrogen) atoms. The van der Waals surface area contributed by atoms with Crippen molar-refractivity contribution in [2.75, 3.05) is 4.90 Å². The number of furan rings is 1. The first kappa shape index (κ1) is 32.1. The molecule has 0 saturated heterocycles. The fraction of sp³-hybridized carbons (Fsp3) is 0.0545. The summed E-state index contributed by atoms with van der Waals surface area (Å²) in [4.78, 5) is 2.50. The Morgan fingerprint density at radius 2 is 1.09 bits per heavy atom. The molecule has 268 valence electrons. The maximum atomic E-state index is 7.10. The van der Waals surface area contributed by atoms with Crippen LogP contribution in [-0.2, 0) is 5.41 Å². The molecule has 0 amide bonds. The normalized spacial score (nSPS) is 13.2. The van der Waals surface area contributed by atoms with Crippen LogP contribution in [0.5, 0.6) is 0 Å². The minimum atomic E-state index is -0.152. The van der Waals surface area contributed by atoms with E-state index in [9.17, 15) is 0 Å².